The largest absolute Gasteiger partial charge is 0.466 e. The highest BCUT2D eigenvalue weighted by molar-refractivity contribution is 6.50. The summed E-state index contributed by atoms with van der Waals surface area (Å²) >= 11 is 11.5. The van der Waals surface area contributed by atoms with Crippen molar-refractivity contribution in [3.05, 3.63) is 42.0 Å². The van der Waals surface area contributed by atoms with E-state index in [1.54, 1.807) is 0 Å². The lowest BCUT2D eigenvalue weighted by Crippen LogP contribution is -2.01. The first kappa shape index (κ1) is 12.1. The molecule has 0 bridgehead atoms. The van der Waals surface area contributed by atoms with Gasteiger partial charge in [0.1, 0.15) is 4.84 Å². The van der Waals surface area contributed by atoms with Crippen LogP contribution in [0.4, 0.5) is 0 Å². The van der Waals surface area contributed by atoms with E-state index in [9.17, 15) is 4.79 Å². The molecule has 0 fully saturated rings. The lowest BCUT2D eigenvalue weighted by molar-refractivity contribution is -0.134. The third-order valence-electron chi connectivity index (χ3n) is 1.82. The maximum atomic E-state index is 11.1. The highest BCUT2D eigenvalue weighted by atomic mass is 35.5. The molecule has 0 amide bonds. The molecule has 0 aliphatic rings. The average Bonchev–Trinajstić information content (AvgIpc) is 2.26. The fourth-order valence-corrected chi connectivity index (χ4v) is 1.47. The van der Waals surface area contributed by atoms with Crippen LogP contribution in [-0.4, -0.2) is 17.9 Å². The Balaban J connectivity index is 3.04. The SMILES string of the molecule is COC(=O)C=C(c1ccccc1)C(Cl)Cl. The molecule has 0 saturated carbocycles. The number of benzene rings is 1. The first-order valence-corrected chi connectivity index (χ1v) is 5.15. The van der Waals surface area contributed by atoms with Gasteiger partial charge in [-0.25, -0.2) is 4.79 Å². The van der Waals surface area contributed by atoms with E-state index in [0.29, 0.717) is 5.57 Å². The van der Waals surface area contributed by atoms with E-state index in [-0.39, 0.29) is 0 Å². The van der Waals surface area contributed by atoms with Gasteiger partial charge in [0.25, 0.3) is 0 Å². The zero-order chi connectivity index (χ0) is 11.3. The number of halogens is 2. The number of methoxy groups -OCH3 is 1. The van der Waals surface area contributed by atoms with E-state index in [2.05, 4.69) is 4.74 Å². The molecule has 0 radical (unpaired) electrons. The number of allylic oxidation sites excluding steroid dienone is 1. The van der Waals surface area contributed by atoms with Gasteiger partial charge in [0.2, 0.25) is 0 Å². The second-order valence-electron chi connectivity index (χ2n) is 2.79. The van der Waals surface area contributed by atoms with Gasteiger partial charge in [-0.05, 0) is 11.1 Å². The average molecular weight is 245 g/mol. The first-order valence-electron chi connectivity index (χ1n) is 4.28. The van der Waals surface area contributed by atoms with Crippen LogP contribution in [0.3, 0.4) is 0 Å². The van der Waals surface area contributed by atoms with Crippen LogP contribution in [-0.2, 0) is 9.53 Å². The van der Waals surface area contributed by atoms with Gasteiger partial charge < -0.3 is 4.74 Å². The topological polar surface area (TPSA) is 26.3 Å². The lowest BCUT2D eigenvalue weighted by Gasteiger charge is -2.07. The predicted molar refractivity (Wildman–Crippen MR) is 61.9 cm³/mol. The summed E-state index contributed by atoms with van der Waals surface area (Å²) in [5.41, 5.74) is 1.34. The third kappa shape index (κ3) is 3.57. The van der Waals surface area contributed by atoms with Crippen molar-refractivity contribution < 1.29 is 9.53 Å². The van der Waals surface area contributed by atoms with Gasteiger partial charge in [-0.2, -0.15) is 0 Å². The van der Waals surface area contributed by atoms with Crippen LogP contribution in [0.1, 0.15) is 5.56 Å². The van der Waals surface area contributed by atoms with Crippen molar-refractivity contribution in [2.45, 2.75) is 4.84 Å². The normalized spacial score (nSPS) is 11.6. The smallest absolute Gasteiger partial charge is 0.330 e. The van der Waals surface area contributed by atoms with Crippen LogP contribution >= 0.6 is 23.2 Å². The Morgan fingerprint density at radius 1 is 1.33 bits per heavy atom. The van der Waals surface area contributed by atoms with E-state index in [1.807, 2.05) is 30.3 Å². The Labute approximate surface area is 98.4 Å². The summed E-state index contributed by atoms with van der Waals surface area (Å²) in [7, 11) is 1.30. The maximum Gasteiger partial charge on any atom is 0.330 e. The molecule has 0 spiro atoms. The van der Waals surface area contributed by atoms with Crippen LogP contribution in [0.5, 0.6) is 0 Å². The van der Waals surface area contributed by atoms with Crippen molar-refractivity contribution >= 4 is 34.7 Å². The third-order valence-corrected chi connectivity index (χ3v) is 2.29. The lowest BCUT2D eigenvalue weighted by atomic mass is 10.1. The van der Waals surface area contributed by atoms with Gasteiger partial charge in [-0.15, -0.1) is 23.2 Å². The monoisotopic (exact) mass is 244 g/mol. The molecular weight excluding hydrogens is 235 g/mol. The van der Waals surface area contributed by atoms with Crippen molar-refractivity contribution in [3.63, 3.8) is 0 Å². The van der Waals surface area contributed by atoms with Crippen LogP contribution < -0.4 is 0 Å². The van der Waals surface area contributed by atoms with E-state index < -0.39 is 10.8 Å². The molecular formula is C11H10Cl2O2. The molecule has 0 aliphatic heterocycles. The van der Waals surface area contributed by atoms with Gasteiger partial charge in [0, 0.05) is 6.08 Å². The second-order valence-corrected chi connectivity index (χ2v) is 3.89. The van der Waals surface area contributed by atoms with E-state index in [4.69, 9.17) is 23.2 Å². The van der Waals surface area contributed by atoms with E-state index >= 15 is 0 Å². The maximum absolute atomic E-state index is 11.1. The Morgan fingerprint density at radius 3 is 2.40 bits per heavy atom. The molecule has 0 heterocycles. The molecule has 0 aliphatic carbocycles. The van der Waals surface area contributed by atoms with Gasteiger partial charge in [-0.1, -0.05) is 30.3 Å². The molecule has 0 atom stereocenters. The number of ether oxygens (including phenoxy) is 1. The highest BCUT2D eigenvalue weighted by Gasteiger charge is 2.11. The Hall–Kier alpha value is -0.990. The summed E-state index contributed by atoms with van der Waals surface area (Å²) in [5, 5.41) is 0. The van der Waals surface area contributed by atoms with Gasteiger partial charge in [-0.3, -0.25) is 0 Å². The molecule has 0 unspecified atom stereocenters. The summed E-state index contributed by atoms with van der Waals surface area (Å²) in [5.74, 6) is -0.472. The summed E-state index contributed by atoms with van der Waals surface area (Å²) < 4.78 is 4.52. The number of rotatable bonds is 3. The molecule has 0 N–H and O–H groups in total. The van der Waals surface area contributed by atoms with Crippen molar-refractivity contribution in [1.82, 2.24) is 0 Å². The van der Waals surface area contributed by atoms with Gasteiger partial charge in [0.15, 0.2) is 0 Å². The Bertz CT molecular complexity index is 358. The van der Waals surface area contributed by atoms with Crippen molar-refractivity contribution in [2.24, 2.45) is 0 Å². The second kappa shape index (κ2) is 5.79. The number of alkyl halides is 2. The predicted octanol–water partition coefficient (Wildman–Crippen LogP) is 3.05. The summed E-state index contributed by atoms with van der Waals surface area (Å²) in [6.07, 6.45) is 1.29. The minimum absolute atomic E-state index is 0.472. The van der Waals surface area contributed by atoms with Crippen LogP contribution in [0.25, 0.3) is 5.57 Å². The van der Waals surface area contributed by atoms with Crippen molar-refractivity contribution in [1.29, 1.82) is 0 Å². The van der Waals surface area contributed by atoms with Gasteiger partial charge >= 0.3 is 5.97 Å². The molecule has 1 rings (SSSR count). The molecule has 1 aromatic rings. The van der Waals surface area contributed by atoms with Crippen molar-refractivity contribution in [3.8, 4) is 0 Å². The highest BCUT2D eigenvalue weighted by Crippen LogP contribution is 2.25. The molecule has 0 saturated heterocycles. The molecule has 4 heteroatoms. The summed E-state index contributed by atoms with van der Waals surface area (Å²) in [6.45, 7) is 0. The van der Waals surface area contributed by atoms with Crippen LogP contribution in [0, 0.1) is 0 Å². The van der Waals surface area contributed by atoms with E-state index in [0.717, 1.165) is 5.56 Å². The first-order chi connectivity index (χ1) is 7.15. The molecule has 80 valence electrons. The minimum Gasteiger partial charge on any atom is -0.466 e. The molecule has 15 heavy (non-hydrogen) atoms. The quantitative estimate of drug-likeness (QED) is 0.464. The fraction of sp³-hybridized carbons (Fsp3) is 0.182. The minimum atomic E-state index is -0.758. The summed E-state index contributed by atoms with van der Waals surface area (Å²) in [6, 6.07) is 9.21. The zero-order valence-corrected chi connectivity index (χ0v) is 9.63. The van der Waals surface area contributed by atoms with Crippen molar-refractivity contribution in [2.75, 3.05) is 7.11 Å². The standard InChI is InChI=1S/C11H10Cl2O2/c1-15-10(14)7-9(11(12)13)8-5-3-2-4-6-8/h2-7,11H,1H3. The molecule has 2 nitrogen and oxygen atoms in total. The zero-order valence-electron chi connectivity index (χ0n) is 8.11. The molecule has 0 aromatic heterocycles. The van der Waals surface area contributed by atoms with Crippen LogP contribution in [0.2, 0.25) is 0 Å². The summed E-state index contributed by atoms with van der Waals surface area (Å²) in [4.78, 5) is 10.3. The number of carbonyl (C=O) groups is 1. The Morgan fingerprint density at radius 2 is 1.93 bits per heavy atom. The van der Waals surface area contributed by atoms with Gasteiger partial charge in [0.05, 0.1) is 7.11 Å². The Kier molecular flexibility index (Phi) is 4.66. The van der Waals surface area contributed by atoms with E-state index in [1.165, 1.54) is 13.2 Å². The van der Waals surface area contributed by atoms with Crippen LogP contribution in [0.15, 0.2) is 36.4 Å². The molecule has 1 aromatic carbocycles. The number of hydrogen-bond acceptors (Lipinski definition) is 2. The number of carbonyl (C=O) groups excluding carboxylic acids is 1. The fourth-order valence-electron chi connectivity index (χ4n) is 1.09. The number of hydrogen-bond donors (Lipinski definition) is 0. The number of esters is 1.